The molecule has 0 atom stereocenters. The minimum atomic E-state index is 0.150. The predicted molar refractivity (Wildman–Crippen MR) is 72.6 cm³/mol. The van der Waals surface area contributed by atoms with E-state index in [9.17, 15) is 5.11 Å². The van der Waals surface area contributed by atoms with E-state index in [0.29, 0.717) is 6.61 Å². The highest BCUT2D eigenvalue weighted by Gasteiger charge is 2.41. The van der Waals surface area contributed by atoms with Gasteiger partial charge in [0, 0.05) is 30.7 Å². The van der Waals surface area contributed by atoms with E-state index in [-0.39, 0.29) is 12.0 Å². The summed E-state index contributed by atoms with van der Waals surface area (Å²) in [4.78, 5) is 0. The van der Waals surface area contributed by atoms with Crippen LogP contribution in [0.4, 0.5) is 0 Å². The summed E-state index contributed by atoms with van der Waals surface area (Å²) in [5.41, 5.74) is 1.30. The van der Waals surface area contributed by atoms with Gasteiger partial charge in [0.15, 0.2) is 0 Å². The topological polar surface area (TPSA) is 41.5 Å². The highest BCUT2D eigenvalue weighted by molar-refractivity contribution is 5.33. The lowest BCUT2D eigenvalue weighted by molar-refractivity contribution is 0.207. The maximum Gasteiger partial charge on any atom is 0.124 e. The van der Waals surface area contributed by atoms with Gasteiger partial charge in [0.1, 0.15) is 12.4 Å². The number of aliphatic hydroxyl groups is 1. The normalized spacial score (nSPS) is 16.3. The number of aliphatic hydroxyl groups excluding tert-OH is 1. The van der Waals surface area contributed by atoms with Gasteiger partial charge in [-0.05, 0) is 18.9 Å². The van der Waals surface area contributed by atoms with Gasteiger partial charge < -0.3 is 15.2 Å². The molecule has 2 rings (SSSR count). The predicted octanol–water partition coefficient (Wildman–Crippen LogP) is 2.11. The van der Waals surface area contributed by atoms with Crippen LogP contribution in [0, 0.1) is 5.41 Å². The van der Waals surface area contributed by atoms with Crippen molar-refractivity contribution in [2.75, 3.05) is 19.8 Å². The molecule has 3 nitrogen and oxygen atoms in total. The number of rotatable bonds is 8. The van der Waals surface area contributed by atoms with Crippen LogP contribution in [0.2, 0.25) is 0 Å². The molecule has 1 aromatic rings. The van der Waals surface area contributed by atoms with Crippen LogP contribution in [0.15, 0.2) is 36.9 Å². The van der Waals surface area contributed by atoms with E-state index in [0.717, 1.165) is 37.2 Å². The molecule has 0 saturated heterocycles. The van der Waals surface area contributed by atoms with Crippen molar-refractivity contribution in [2.45, 2.75) is 19.4 Å². The second-order valence-corrected chi connectivity index (χ2v) is 4.97. The molecule has 0 bridgehead atoms. The zero-order valence-corrected chi connectivity index (χ0v) is 10.7. The fourth-order valence-electron chi connectivity index (χ4n) is 1.97. The Morgan fingerprint density at radius 3 is 2.83 bits per heavy atom. The van der Waals surface area contributed by atoms with Gasteiger partial charge in [-0.3, -0.25) is 0 Å². The van der Waals surface area contributed by atoms with Crippen LogP contribution in [0.1, 0.15) is 18.4 Å². The zero-order chi connectivity index (χ0) is 12.8. The molecule has 1 aliphatic carbocycles. The molecule has 0 heterocycles. The van der Waals surface area contributed by atoms with Crippen LogP contribution in [0.5, 0.6) is 5.75 Å². The molecule has 3 heteroatoms. The molecule has 18 heavy (non-hydrogen) atoms. The quantitative estimate of drug-likeness (QED) is 0.691. The summed E-state index contributed by atoms with van der Waals surface area (Å²) in [5.74, 6) is 0.902. The summed E-state index contributed by atoms with van der Waals surface area (Å²) in [6, 6.07) is 8.01. The number of nitrogens with one attached hydrogen (secondary N) is 1. The van der Waals surface area contributed by atoms with Crippen molar-refractivity contribution in [3.8, 4) is 5.75 Å². The summed E-state index contributed by atoms with van der Waals surface area (Å²) in [7, 11) is 0. The molecule has 1 aliphatic rings. The second kappa shape index (κ2) is 6.03. The molecule has 0 spiro atoms. The average Bonchev–Trinajstić information content (AvgIpc) is 3.18. The zero-order valence-electron chi connectivity index (χ0n) is 10.7. The fraction of sp³-hybridized carbons (Fsp3) is 0.467. The van der Waals surface area contributed by atoms with E-state index in [2.05, 4.69) is 18.0 Å². The van der Waals surface area contributed by atoms with E-state index in [1.807, 2.05) is 18.2 Å². The first-order valence-electron chi connectivity index (χ1n) is 6.43. The van der Waals surface area contributed by atoms with Gasteiger partial charge in [-0.1, -0.05) is 30.9 Å². The molecular formula is C15H21NO2. The standard InChI is InChI=1S/C15H21NO2/c1-2-9-18-14-6-4-3-5-13(14)10-16-11-15(12-17)7-8-15/h2-6,16-17H,1,7-12H2. The minimum absolute atomic E-state index is 0.150. The van der Waals surface area contributed by atoms with Crippen LogP contribution in [-0.2, 0) is 6.54 Å². The molecule has 0 unspecified atom stereocenters. The Kier molecular flexibility index (Phi) is 4.39. The largest absolute Gasteiger partial charge is 0.489 e. The molecule has 1 saturated carbocycles. The van der Waals surface area contributed by atoms with Gasteiger partial charge in [-0.2, -0.15) is 0 Å². The van der Waals surface area contributed by atoms with Gasteiger partial charge >= 0.3 is 0 Å². The Morgan fingerprint density at radius 2 is 2.17 bits per heavy atom. The number of hydrogen-bond donors (Lipinski definition) is 2. The maximum atomic E-state index is 9.25. The van der Waals surface area contributed by atoms with Gasteiger partial charge in [0.05, 0.1) is 0 Å². The molecule has 1 aromatic carbocycles. The highest BCUT2D eigenvalue weighted by Crippen LogP contribution is 2.44. The smallest absolute Gasteiger partial charge is 0.124 e. The molecule has 1 fully saturated rings. The highest BCUT2D eigenvalue weighted by atomic mass is 16.5. The third-order valence-corrected chi connectivity index (χ3v) is 3.44. The Bertz CT molecular complexity index is 399. The lowest BCUT2D eigenvalue weighted by Gasteiger charge is -2.14. The van der Waals surface area contributed by atoms with E-state index >= 15 is 0 Å². The Balaban J connectivity index is 1.86. The third kappa shape index (κ3) is 3.34. The number of para-hydroxylation sites is 1. The molecule has 0 aromatic heterocycles. The Hall–Kier alpha value is -1.32. The first-order valence-corrected chi connectivity index (χ1v) is 6.43. The van der Waals surface area contributed by atoms with Crippen LogP contribution < -0.4 is 10.1 Å². The van der Waals surface area contributed by atoms with E-state index in [1.54, 1.807) is 6.08 Å². The monoisotopic (exact) mass is 247 g/mol. The molecular weight excluding hydrogens is 226 g/mol. The van der Waals surface area contributed by atoms with Crippen LogP contribution >= 0.6 is 0 Å². The van der Waals surface area contributed by atoms with Crippen molar-refractivity contribution in [3.05, 3.63) is 42.5 Å². The van der Waals surface area contributed by atoms with Crippen LogP contribution in [0.25, 0.3) is 0 Å². The third-order valence-electron chi connectivity index (χ3n) is 3.44. The number of hydrogen-bond acceptors (Lipinski definition) is 3. The lowest BCUT2D eigenvalue weighted by atomic mass is 10.1. The van der Waals surface area contributed by atoms with Crippen molar-refractivity contribution in [3.63, 3.8) is 0 Å². The summed E-state index contributed by atoms with van der Waals surface area (Å²) < 4.78 is 5.60. The van der Waals surface area contributed by atoms with Crippen molar-refractivity contribution in [2.24, 2.45) is 5.41 Å². The van der Waals surface area contributed by atoms with Crippen molar-refractivity contribution in [1.82, 2.24) is 5.32 Å². The van der Waals surface area contributed by atoms with E-state index in [4.69, 9.17) is 4.74 Å². The van der Waals surface area contributed by atoms with Gasteiger partial charge in [0.2, 0.25) is 0 Å². The number of ether oxygens (including phenoxy) is 1. The molecule has 2 N–H and O–H groups in total. The van der Waals surface area contributed by atoms with Crippen LogP contribution in [0.3, 0.4) is 0 Å². The summed E-state index contributed by atoms with van der Waals surface area (Å²) >= 11 is 0. The summed E-state index contributed by atoms with van der Waals surface area (Å²) in [6.07, 6.45) is 4.01. The van der Waals surface area contributed by atoms with Gasteiger partial charge in [-0.25, -0.2) is 0 Å². The number of benzene rings is 1. The fourth-order valence-corrected chi connectivity index (χ4v) is 1.97. The van der Waals surface area contributed by atoms with E-state index < -0.39 is 0 Å². The van der Waals surface area contributed by atoms with Crippen molar-refractivity contribution < 1.29 is 9.84 Å². The van der Waals surface area contributed by atoms with Crippen LogP contribution in [-0.4, -0.2) is 24.9 Å². The molecule has 0 radical (unpaired) electrons. The van der Waals surface area contributed by atoms with Crippen molar-refractivity contribution in [1.29, 1.82) is 0 Å². The van der Waals surface area contributed by atoms with E-state index in [1.165, 1.54) is 0 Å². The molecule has 98 valence electrons. The minimum Gasteiger partial charge on any atom is -0.489 e. The van der Waals surface area contributed by atoms with Crippen molar-refractivity contribution >= 4 is 0 Å². The Morgan fingerprint density at radius 1 is 1.39 bits per heavy atom. The first kappa shape index (κ1) is 13.1. The summed E-state index contributed by atoms with van der Waals surface area (Å²) in [5, 5.41) is 12.7. The van der Waals surface area contributed by atoms with Gasteiger partial charge in [0.25, 0.3) is 0 Å². The molecule has 0 amide bonds. The first-order chi connectivity index (χ1) is 8.79. The SMILES string of the molecule is C=CCOc1ccccc1CNCC1(CO)CC1. The maximum absolute atomic E-state index is 9.25. The molecule has 0 aliphatic heterocycles. The van der Waals surface area contributed by atoms with Gasteiger partial charge in [-0.15, -0.1) is 0 Å². The lowest BCUT2D eigenvalue weighted by Crippen LogP contribution is -2.26. The average molecular weight is 247 g/mol. The second-order valence-electron chi connectivity index (χ2n) is 4.97. The Labute approximate surface area is 108 Å². The summed E-state index contributed by atoms with van der Waals surface area (Å²) in [6.45, 7) is 6.11.